The third-order valence-corrected chi connectivity index (χ3v) is 5.00. The number of fused-ring (bicyclic) bond motifs is 3. The zero-order chi connectivity index (χ0) is 15.0. The average Bonchev–Trinajstić information content (AvgIpc) is 2.91. The van der Waals surface area contributed by atoms with Gasteiger partial charge in [0.15, 0.2) is 0 Å². The Morgan fingerprint density at radius 2 is 1.57 bits per heavy atom. The molecule has 2 radical (unpaired) electrons. The van der Waals surface area contributed by atoms with Crippen LogP contribution >= 0.6 is 0 Å². The van der Waals surface area contributed by atoms with Gasteiger partial charge < -0.3 is 0 Å². The van der Waals surface area contributed by atoms with Crippen LogP contribution in [-0.4, -0.2) is 0 Å². The number of rotatable bonds is 4. The van der Waals surface area contributed by atoms with Gasteiger partial charge in [-0.2, -0.15) is 0 Å². The van der Waals surface area contributed by atoms with Gasteiger partial charge in [-0.05, 0) is 58.1 Å². The highest BCUT2D eigenvalue weighted by atomic mass is 14.3. The van der Waals surface area contributed by atoms with Crippen LogP contribution in [0, 0.1) is 6.42 Å². The van der Waals surface area contributed by atoms with E-state index in [0.29, 0.717) is 11.8 Å². The summed E-state index contributed by atoms with van der Waals surface area (Å²) < 4.78 is 0. The fraction of sp³-hybridized carbons (Fsp3) is 0.381. The van der Waals surface area contributed by atoms with Crippen molar-refractivity contribution < 1.29 is 0 Å². The Balaban J connectivity index is 2.20. The van der Waals surface area contributed by atoms with Crippen LogP contribution in [0.4, 0.5) is 0 Å². The van der Waals surface area contributed by atoms with Crippen molar-refractivity contribution in [2.75, 3.05) is 0 Å². The highest BCUT2D eigenvalue weighted by molar-refractivity contribution is 5.83. The molecule has 108 valence electrons. The Kier molecular flexibility index (Phi) is 3.89. The maximum absolute atomic E-state index is 3.68. The van der Waals surface area contributed by atoms with E-state index in [-0.39, 0.29) is 0 Å². The van der Waals surface area contributed by atoms with Gasteiger partial charge in [0.2, 0.25) is 0 Å². The largest absolute Gasteiger partial charge is 0.0648 e. The van der Waals surface area contributed by atoms with Crippen molar-refractivity contribution >= 4 is 0 Å². The molecule has 0 spiro atoms. The fourth-order valence-electron chi connectivity index (χ4n) is 3.34. The first-order valence-electron chi connectivity index (χ1n) is 8.20. The van der Waals surface area contributed by atoms with Gasteiger partial charge in [0.1, 0.15) is 0 Å². The third-order valence-electron chi connectivity index (χ3n) is 5.00. The molecule has 21 heavy (non-hydrogen) atoms. The Labute approximate surface area is 129 Å². The summed E-state index contributed by atoms with van der Waals surface area (Å²) in [7, 11) is 0. The van der Waals surface area contributed by atoms with Gasteiger partial charge in [-0.15, -0.1) is 0 Å². The molecule has 1 aliphatic carbocycles. The molecule has 0 saturated heterocycles. The first-order valence-corrected chi connectivity index (χ1v) is 8.20. The molecule has 2 aromatic carbocycles. The summed E-state index contributed by atoms with van der Waals surface area (Å²) in [5.41, 5.74) is 8.36. The lowest BCUT2D eigenvalue weighted by Crippen LogP contribution is -2.05. The molecule has 0 nitrogen and oxygen atoms in total. The van der Waals surface area contributed by atoms with E-state index in [1.807, 2.05) is 0 Å². The second-order valence-electron chi connectivity index (χ2n) is 6.28. The second kappa shape index (κ2) is 5.67. The predicted octanol–water partition coefficient (Wildman–Crippen LogP) is 6.17. The van der Waals surface area contributed by atoms with Crippen molar-refractivity contribution in [1.29, 1.82) is 0 Å². The van der Waals surface area contributed by atoms with Gasteiger partial charge in [0.25, 0.3) is 0 Å². The molecule has 2 aromatic rings. The molecular formula is C21H24. The summed E-state index contributed by atoms with van der Waals surface area (Å²) in [4.78, 5) is 0. The van der Waals surface area contributed by atoms with Crippen LogP contribution in [0.25, 0.3) is 11.1 Å². The molecule has 3 rings (SSSR count). The third kappa shape index (κ3) is 2.31. The minimum Gasteiger partial charge on any atom is -0.0648 e. The van der Waals surface area contributed by atoms with Crippen molar-refractivity contribution in [2.45, 2.75) is 52.4 Å². The second-order valence-corrected chi connectivity index (χ2v) is 6.28. The molecule has 0 aliphatic heterocycles. The van der Waals surface area contributed by atoms with Crippen LogP contribution in [0.5, 0.6) is 0 Å². The van der Waals surface area contributed by atoms with Gasteiger partial charge in [0, 0.05) is 0 Å². The molecule has 0 fully saturated rings. The van der Waals surface area contributed by atoms with E-state index in [4.69, 9.17) is 0 Å². The van der Waals surface area contributed by atoms with E-state index in [1.54, 1.807) is 0 Å². The molecule has 0 amide bonds. The van der Waals surface area contributed by atoms with Crippen LogP contribution in [0.3, 0.4) is 0 Å². The minimum atomic E-state index is 0.589. The lowest BCUT2D eigenvalue weighted by atomic mass is 9.82. The highest BCUT2D eigenvalue weighted by Gasteiger charge is 2.26. The van der Waals surface area contributed by atoms with E-state index in [0.717, 1.165) is 0 Å². The maximum Gasteiger partial charge on any atom is 0.0518 e. The van der Waals surface area contributed by atoms with Crippen LogP contribution in [-0.2, 0) is 0 Å². The smallest absolute Gasteiger partial charge is 0.0518 e. The Hall–Kier alpha value is -1.56. The molecule has 2 atom stereocenters. The van der Waals surface area contributed by atoms with E-state index in [9.17, 15) is 0 Å². The predicted molar refractivity (Wildman–Crippen MR) is 90.7 cm³/mol. The first kappa shape index (κ1) is 14.4. The van der Waals surface area contributed by atoms with Crippen molar-refractivity contribution in [3.05, 3.63) is 65.1 Å². The summed E-state index contributed by atoms with van der Waals surface area (Å²) in [6.07, 6.45) is 6.05. The lowest BCUT2D eigenvalue weighted by Gasteiger charge is -2.23. The SMILES string of the molecule is CCC(C)c1ccc2c(c1C(C)CC)[C]c1ccccc1-2. The average molecular weight is 276 g/mol. The molecule has 0 heteroatoms. The number of hydrogen-bond acceptors (Lipinski definition) is 0. The molecule has 1 aliphatic rings. The Bertz CT molecular complexity index is 651. The molecule has 0 heterocycles. The van der Waals surface area contributed by atoms with Crippen LogP contribution < -0.4 is 0 Å². The van der Waals surface area contributed by atoms with Gasteiger partial charge >= 0.3 is 0 Å². The van der Waals surface area contributed by atoms with E-state index in [1.165, 1.54) is 46.2 Å². The molecular weight excluding hydrogens is 252 g/mol. The van der Waals surface area contributed by atoms with Crippen molar-refractivity contribution in [3.63, 3.8) is 0 Å². The van der Waals surface area contributed by atoms with Gasteiger partial charge in [-0.3, -0.25) is 0 Å². The molecule has 2 unspecified atom stereocenters. The van der Waals surface area contributed by atoms with Crippen molar-refractivity contribution in [2.24, 2.45) is 0 Å². The van der Waals surface area contributed by atoms with Gasteiger partial charge in [-0.1, -0.05) is 64.1 Å². The number of hydrogen-bond donors (Lipinski definition) is 0. The van der Waals surface area contributed by atoms with E-state index < -0.39 is 0 Å². The van der Waals surface area contributed by atoms with Gasteiger partial charge in [0.05, 0.1) is 6.42 Å². The molecule has 0 saturated carbocycles. The Morgan fingerprint density at radius 3 is 2.29 bits per heavy atom. The summed E-state index contributed by atoms with van der Waals surface area (Å²) in [6.45, 7) is 9.26. The summed E-state index contributed by atoms with van der Waals surface area (Å²) in [5.74, 6) is 1.20. The summed E-state index contributed by atoms with van der Waals surface area (Å²) in [6, 6.07) is 13.3. The molecule has 0 bridgehead atoms. The Morgan fingerprint density at radius 1 is 0.857 bits per heavy atom. The van der Waals surface area contributed by atoms with Gasteiger partial charge in [-0.25, -0.2) is 0 Å². The topological polar surface area (TPSA) is 0 Å². The normalized spacial score (nSPS) is 15.4. The summed E-state index contributed by atoms with van der Waals surface area (Å²) in [5, 5.41) is 0. The van der Waals surface area contributed by atoms with Crippen molar-refractivity contribution in [3.8, 4) is 11.1 Å². The lowest BCUT2D eigenvalue weighted by molar-refractivity contribution is 0.674. The highest BCUT2D eigenvalue weighted by Crippen LogP contribution is 2.45. The first-order chi connectivity index (χ1) is 10.2. The summed E-state index contributed by atoms with van der Waals surface area (Å²) >= 11 is 0. The van der Waals surface area contributed by atoms with Crippen LogP contribution in [0.1, 0.15) is 74.6 Å². The van der Waals surface area contributed by atoms with Crippen LogP contribution in [0.15, 0.2) is 36.4 Å². The standard InChI is InChI=1S/C21H24/c1-5-14(3)17-11-12-19-18-10-8-7-9-16(18)13-20(19)21(17)15(4)6-2/h7-12,14-15H,5-6H2,1-4H3. The van der Waals surface area contributed by atoms with E-state index >= 15 is 0 Å². The molecule has 0 aromatic heterocycles. The number of benzene rings is 2. The van der Waals surface area contributed by atoms with Crippen molar-refractivity contribution in [1.82, 2.24) is 0 Å². The minimum absolute atomic E-state index is 0.589. The zero-order valence-electron chi connectivity index (χ0n) is 13.5. The molecule has 0 N–H and O–H groups in total. The maximum atomic E-state index is 3.68. The zero-order valence-corrected chi connectivity index (χ0v) is 13.5. The fourth-order valence-corrected chi connectivity index (χ4v) is 3.34. The quantitative estimate of drug-likeness (QED) is 0.534. The van der Waals surface area contributed by atoms with E-state index in [2.05, 4.69) is 70.5 Å². The van der Waals surface area contributed by atoms with Crippen LogP contribution in [0.2, 0.25) is 0 Å². The monoisotopic (exact) mass is 276 g/mol.